The highest BCUT2D eigenvalue weighted by molar-refractivity contribution is 5.19. The zero-order valence-corrected chi connectivity index (χ0v) is 9.83. The lowest BCUT2D eigenvalue weighted by Gasteiger charge is -2.10. The van der Waals surface area contributed by atoms with Gasteiger partial charge in [-0.1, -0.05) is 25.0 Å². The Kier molecular flexibility index (Phi) is 5.84. The van der Waals surface area contributed by atoms with Crippen molar-refractivity contribution >= 4 is 0 Å². The fourth-order valence-electron chi connectivity index (χ4n) is 1.69. The SMILES string of the molecule is C=CCCCCCC(O)c1ccc(F)c(F)c1. The Balaban J connectivity index is 2.38. The van der Waals surface area contributed by atoms with Crippen molar-refractivity contribution in [2.75, 3.05) is 0 Å². The lowest BCUT2D eigenvalue weighted by Crippen LogP contribution is -1.99. The molecule has 0 saturated carbocycles. The van der Waals surface area contributed by atoms with Gasteiger partial charge in [-0.15, -0.1) is 6.58 Å². The summed E-state index contributed by atoms with van der Waals surface area (Å²) in [6.45, 7) is 3.63. The van der Waals surface area contributed by atoms with Gasteiger partial charge < -0.3 is 5.11 Å². The van der Waals surface area contributed by atoms with Gasteiger partial charge in [-0.3, -0.25) is 0 Å². The molecule has 3 heteroatoms. The summed E-state index contributed by atoms with van der Waals surface area (Å²) in [6, 6.07) is 3.53. The second-order valence-corrected chi connectivity index (χ2v) is 4.12. The fourth-order valence-corrected chi connectivity index (χ4v) is 1.69. The number of aliphatic hydroxyl groups is 1. The zero-order chi connectivity index (χ0) is 12.7. The first-order valence-corrected chi connectivity index (χ1v) is 5.89. The molecule has 0 aromatic heterocycles. The van der Waals surface area contributed by atoms with E-state index in [1.54, 1.807) is 0 Å². The predicted octanol–water partition coefficient (Wildman–Crippen LogP) is 4.13. The third-order valence-electron chi connectivity index (χ3n) is 2.71. The van der Waals surface area contributed by atoms with E-state index in [4.69, 9.17) is 0 Å². The van der Waals surface area contributed by atoms with E-state index in [-0.39, 0.29) is 0 Å². The fraction of sp³-hybridized carbons (Fsp3) is 0.429. The van der Waals surface area contributed by atoms with Crippen LogP contribution in [0.25, 0.3) is 0 Å². The van der Waals surface area contributed by atoms with Gasteiger partial charge in [0, 0.05) is 0 Å². The van der Waals surface area contributed by atoms with Crippen molar-refractivity contribution in [2.24, 2.45) is 0 Å². The van der Waals surface area contributed by atoms with Crippen LogP contribution in [-0.2, 0) is 0 Å². The summed E-state index contributed by atoms with van der Waals surface area (Å²) in [5.74, 6) is -1.79. The normalized spacial score (nSPS) is 12.4. The molecule has 94 valence electrons. The van der Waals surface area contributed by atoms with Gasteiger partial charge in [0.2, 0.25) is 0 Å². The average Bonchev–Trinajstić information content (AvgIpc) is 2.32. The first-order valence-electron chi connectivity index (χ1n) is 5.89. The second kappa shape index (κ2) is 7.17. The van der Waals surface area contributed by atoms with Crippen LogP contribution in [0.3, 0.4) is 0 Å². The number of allylic oxidation sites excluding steroid dienone is 1. The standard InChI is InChI=1S/C14H18F2O/c1-2-3-4-5-6-7-14(17)11-8-9-12(15)13(16)10-11/h2,8-10,14,17H,1,3-7H2. The molecule has 17 heavy (non-hydrogen) atoms. The lowest BCUT2D eigenvalue weighted by atomic mass is 10.0. The minimum absolute atomic E-state index is 0.438. The third-order valence-corrected chi connectivity index (χ3v) is 2.71. The molecule has 1 atom stereocenters. The van der Waals surface area contributed by atoms with Crippen LogP contribution in [0.2, 0.25) is 0 Å². The molecular formula is C14H18F2O. The molecule has 0 aliphatic carbocycles. The van der Waals surface area contributed by atoms with Crippen LogP contribution < -0.4 is 0 Å². The van der Waals surface area contributed by atoms with Gasteiger partial charge in [0.15, 0.2) is 11.6 Å². The van der Waals surface area contributed by atoms with E-state index >= 15 is 0 Å². The quantitative estimate of drug-likeness (QED) is 0.561. The van der Waals surface area contributed by atoms with Crippen LogP contribution in [0.5, 0.6) is 0 Å². The Morgan fingerprint density at radius 1 is 1.18 bits per heavy atom. The minimum atomic E-state index is -0.909. The molecular weight excluding hydrogens is 222 g/mol. The molecule has 1 unspecified atom stereocenters. The first kappa shape index (κ1) is 13.8. The van der Waals surface area contributed by atoms with E-state index in [0.29, 0.717) is 12.0 Å². The van der Waals surface area contributed by atoms with Crippen LogP contribution in [0.1, 0.15) is 43.8 Å². The highest BCUT2D eigenvalue weighted by atomic mass is 19.2. The van der Waals surface area contributed by atoms with E-state index in [0.717, 1.165) is 37.8 Å². The number of rotatable bonds is 7. The molecule has 0 spiro atoms. The predicted molar refractivity (Wildman–Crippen MR) is 64.6 cm³/mol. The Morgan fingerprint density at radius 3 is 2.59 bits per heavy atom. The molecule has 0 saturated heterocycles. The smallest absolute Gasteiger partial charge is 0.159 e. The van der Waals surface area contributed by atoms with Gasteiger partial charge in [-0.2, -0.15) is 0 Å². The molecule has 1 N–H and O–H groups in total. The average molecular weight is 240 g/mol. The van der Waals surface area contributed by atoms with Gasteiger partial charge in [-0.05, 0) is 37.0 Å². The number of unbranched alkanes of at least 4 members (excludes halogenated alkanes) is 3. The van der Waals surface area contributed by atoms with Crippen molar-refractivity contribution in [3.8, 4) is 0 Å². The number of benzene rings is 1. The molecule has 0 aliphatic heterocycles. The van der Waals surface area contributed by atoms with Crippen molar-refractivity contribution in [3.05, 3.63) is 48.1 Å². The van der Waals surface area contributed by atoms with E-state index < -0.39 is 17.7 Å². The zero-order valence-electron chi connectivity index (χ0n) is 9.83. The number of halogens is 2. The molecule has 0 amide bonds. The first-order chi connectivity index (χ1) is 8.15. The van der Waals surface area contributed by atoms with Gasteiger partial charge in [0.1, 0.15) is 0 Å². The van der Waals surface area contributed by atoms with Crippen LogP contribution >= 0.6 is 0 Å². The largest absolute Gasteiger partial charge is 0.388 e. The maximum absolute atomic E-state index is 12.9. The molecule has 0 fully saturated rings. The number of hydrogen-bond donors (Lipinski definition) is 1. The van der Waals surface area contributed by atoms with Crippen LogP contribution in [-0.4, -0.2) is 5.11 Å². The van der Waals surface area contributed by atoms with Crippen LogP contribution in [0.15, 0.2) is 30.9 Å². The Labute approximate surface area is 101 Å². The molecule has 1 aromatic carbocycles. The Hall–Kier alpha value is -1.22. The maximum atomic E-state index is 12.9. The van der Waals surface area contributed by atoms with Gasteiger partial charge in [-0.25, -0.2) is 8.78 Å². The molecule has 0 aliphatic rings. The summed E-state index contributed by atoms with van der Waals surface area (Å²) in [6.07, 6.45) is 5.62. The van der Waals surface area contributed by atoms with E-state index in [1.807, 2.05) is 6.08 Å². The van der Waals surface area contributed by atoms with E-state index in [1.165, 1.54) is 6.07 Å². The van der Waals surface area contributed by atoms with Gasteiger partial charge >= 0.3 is 0 Å². The van der Waals surface area contributed by atoms with Crippen molar-refractivity contribution < 1.29 is 13.9 Å². The summed E-state index contributed by atoms with van der Waals surface area (Å²) in [5.41, 5.74) is 0.438. The highest BCUT2D eigenvalue weighted by Gasteiger charge is 2.10. The van der Waals surface area contributed by atoms with E-state index in [9.17, 15) is 13.9 Å². The Morgan fingerprint density at radius 2 is 1.94 bits per heavy atom. The summed E-state index contributed by atoms with van der Waals surface area (Å²) in [4.78, 5) is 0. The topological polar surface area (TPSA) is 20.2 Å². The minimum Gasteiger partial charge on any atom is -0.388 e. The van der Waals surface area contributed by atoms with Crippen molar-refractivity contribution in [1.82, 2.24) is 0 Å². The van der Waals surface area contributed by atoms with Crippen LogP contribution in [0.4, 0.5) is 8.78 Å². The summed E-state index contributed by atoms with van der Waals surface area (Å²) >= 11 is 0. The van der Waals surface area contributed by atoms with Crippen LogP contribution in [0, 0.1) is 11.6 Å². The molecule has 1 aromatic rings. The van der Waals surface area contributed by atoms with E-state index in [2.05, 4.69) is 6.58 Å². The summed E-state index contributed by atoms with van der Waals surface area (Å²) in [5, 5.41) is 9.78. The van der Waals surface area contributed by atoms with Crippen molar-refractivity contribution in [2.45, 2.75) is 38.2 Å². The summed E-state index contributed by atoms with van der Waals surface area (Å²) < 4.78 is 25.6. The number of aliphatic hydroxyl groups excluding tert-OH is 1. The monoisotopic (exact) mass is 240 g/mol. The molecule has 0 heterocycles. The van der Waals surface area contributed by atoms with Gasteiger partial charge in [0.05, 0.1) is 6.10 Å². The molecule has 0 radical (unpaired) electrons. The van der Waals surface area contributed by atoms with Crippen molar-refractivity contribution in [3.63, 3.8) is 0 Å². The summed E-state index contributed by atoms with van der Waals surface area (Å²) in [7, 11) is 0. The second-order valence-electron chi connectivity index (χ2n) is 4.12. The van der Waals surface area contributed by atoms with Gasteiger partial charge in [0.25, 0.3) is 0 Å². The lowest BCUT2D eigenvalue weighted by molar-refractivity contribution is 0.163. The highest BCUT2D eigenvalue weighted by Crippen LogP contribution is 2.21. The van der Waals surface area contributed by atoms with Crippen molar-refractivity contribution in [1.29, 1.82) is 0 Å². The molecule has 0 bridgehead atoms. The third kappa shape index (κ3) is 4.65. The molecule has 1 nitrogen and oxygen atoms in total. The maximum Gasteiger partial charge on any atom is 0.159 e. The number of hydrogen-bond acceptors (Lipinski definition) is 1. The Bertz CT molecular complexity index is 363. The molecule has 1 rings (SSSR count).